The van der Waals surface area contributed by atoms with Gasteiger partial charge in [-0.15, -0.1) is 0 Å². The molecule has 0 aromatic carbocycles. The molecule has 0 aromatic heterocycles. The summed E-state index contributed by atoms with van der Waals surface area (Å²) in [6.07, 6.45) is 8.18. The topological polar surface area (TPSA) is 26.0 Å². The summed E-state index contributed by atoms with van der Waals surface area (Å²) < 4.78 is 0. The Balaban J connectivity index is 2.13. The summed E-state index contributed by atoms with van der Waals surface area (Å²) in [6, 6.07) is 0.170. The van der Waals surface area contributed by atoms with Crippen molar-refractivity contribution in [3.8, 4) is 0 Å². The van der Waals surface area contributed by atoms with Gasteiger partial charge in [-0.3, -0.25) is 0 Å². The molecule has 2 N–H and O–H groups in total. The molecule has 0 bridgehead atoms. The molecule has 0 amide bonds. The number of hydrogen-bond acceptors (Lipinski definition) is 1. The molecule has 1 saturated carbocycles. The Morgan fingerprint density at radius 1 is 1.30 bits per heavy atom. The van der Waals surface area contributed by atoms with Crippen LogP contribution in [0.25, 0.3) is 0 Å². The van der Waals surface area contributed by atoms with Crippen LogP contribution in [0.1, 0.15) is 38.5 Å². The van der Waals surface area contributed by atoms with Gasteiger partial charge in [-0.2, -0.15) is 0 Å². The predicted octanol–water partition coefficient (Wildman–Crippen LogP) is 2.12. The molecule has 1 nitrogen and oxygen atoms in total. The van der Waals surface area contributed by atoms with E-state index in [1.165, 1.54) is 32.1 Å². The van der Waals surface area contributed by atoms with Crippen molar-refractivity contribution in [2.75, 3.05) is 0 Å². The maximum absolute atomic E-state index is 5.61. The van der Waals surface area contributed by atoms with E-state index >= 15 is 0 Å². The van der Waals surface area contributed by atoms with E-state index < -0.39 is 0 Å². The maximum Gasteiger partial charge on any atom is 0.00420 e. The molecule has 0 saturated heterocycles. The van der Waals surface area contributed by atoms with Crippen molar-refractivity contribution >= 4 is 0 Å². The average Bonchev–Trinajstić information content (AvgIpc) is 1.88. The number of hydrogen-bond donors (Lipinski definition) is 1. The molecule has 1 rings (SSSR count). The minimum atomic E-state index is 0.170. The highest BCUT2D eigenvalue weighted by Crippen LogP contribution is 2.26. The lowest BCUT2D eigenvalue weighted by Crippen LogP contribution is -2.21. The zero-order valence-corrected chi connectivity index (χ0v) is 6.68. The van der Waals surface area contributed by atoms with Gasteiger partial charge in [-0.1, -0.05) is 32.1 Å². The van der Waals surface area contributed by atoms with Crippen molar-refractivity contribution in [2.45, 2.75) is 44.6 Å². The summed E-state index contributed by atoms with van der Waals surface area (Å²) >= 11 is 0. The van der Waals surface area contributed by atoms with Crippen LogP contribution in [-0.4, -0.2) is 6.04 Å². The van der Waals surface area contributed by atoms with Crippen LogP contribution < -0.4 is 5.73 Å². The molecule has 0 spiro atoms. The molecule has 0 aliphatic heterocycles. The first-order valence-electron chi connectivity index (χ1n) is 4.37. The highest BCUT2D eigenvalue weighted by molar-refractivity contribution is 4.72. The number of nitrogens with two attached hydrogens (primary N) is 1. The molecular weight excluding hydrogens is 122 g/mol. The second-order valence-electron chi connectivity index (χ2n) is 3.50. The van der Waals surface area contributed by atoms with Crippen LogP contribution in [0.4, 0.5) is 0 Å². The fourth-order valence-corrected chi connectivity index (χ4v) is 1.85. The Morgan fingerprint density at radius 3 is 2.40 bits per heavy atom. The molecule has 1 heteroatoms. The highest BCUT2D eigenvalue weighted by atomic mass is 14.6. The van der Waals surface area contributed by atoms with E-state index in [-0.39, 0.29) is 6.04 Å². The second kappa shape index (κ2) is 3.97. The average molecular weight is 140 g/mol. The second-order valence-corrected chi connectivity index (χ2v) is 3.50. The van der Waals surface area contributed by atoms with Gasteiger partial charge >= 0.3 is 0 Å². The van der Waals surface area contributed by atoms with E-state index in [2.05, 4.69) is 6.92 Å². The van der Waals surface area contributed by atoms with Gasteiger partial charge in [-0.25, -0.2) is 0 Å². The third-order valence-electron chi connectivity index (χ3n) is 2.36. The van der Waals surface area contributed by atoms with E-state index in [4.69, 9.17) is 5.73 Å². The molecule has 1 atom stereocenters. The van der Waals surface area contributed by atoms with Crippen LogP contribution in [-0.2, 0) is 0 Å². The third kappa shape index (κ3) is 2.70. The van der Waals surface area contributed by atoms with E-state index in [0.717, 1.165) is 12.3 Å². The van der Waals surface area contributed by atoms with Gasteiger partial charge in [0.15, 0.2) is 0 Å². The maximum atomic E-state index is 5.61. The predicted molar refractivity (Wildman–Crippen MR) is 44.5 cm³/mol. The highest BCUT2D eigenvalue weighted by Gasteiger charge is 2.14. The summed E-state index contributed by atoms with van der Waals surface area (Å²) in [5.74, 6) is 0.890. The monoisotopic (exact) mass is 140 g/mol. The van der Waals surface area contributed by atoms with E-state index in [9.17, 15) is 0 Å². The summed E-state index contributed by atoms with van der Waals surface area (Å²) in [5, 5.41) is 0. The molecule has 1 aliphatic rings. The molecule has 0 heterocycles. The number of rotatable bonds is 2. The van der Waals surface area contributed by atoms with Crippen molar-refractivity contribution in [1.29, 1.82) is 0 Å². The Bertz CT molecular complexity index is 82.7. The van der Waals surface area contributed by atoms with Crippen LogP contribution in [0.2, 0.25) is 0 Å². The molecule has 1 fully saturated rings. The van der Waals surface area contributed by atoms with Crippen molar-refractivity contribution in [3.63, 3.8) is 0 Å². The Kier molecular flexibility index (Phi) is 3.20. The van der Waals surface area contributed by atoms with Gasteiger partial charge in [0.2, 0.25) is 0 Å². The first-order chi connectivity index (χ1) is 4.79. The van der Waals surface area contributed by atoms with Gasteiger partial charge in [0.05, 0.1) is 0 Å². The first-order valence-corrected chi connectivity index (χ1v) is 4.37. The van der Waals surface area contributed by atoms with E-state index in [0.29, 0.717) is 0 Å². The third-order valence-corrected chi connectivity index (χ3v) is 2.36. The normalized spacial score (nSPS) is 24.6. The van der Waals surface area contributed by atoms with Crippen LogP contribution in [0.3, 0.4) is 0 Å². The lowest BCUT2D eigenvalue weighted by molar-refractivity contribution is 0.329. The zero-order chi connectivity index (χ0) is 7.40. The quantitative estimate of drug-likeness (QED) is 0.624. The van der Waals surface area contributed by atoms with Crippen molar-refractivity contribution in [2.24, 2.45) is 11.7 Å². The largest absolute Gasteiger partial charge is 0.328 e. The Labute approximate surface area is 64.0 Å². The lowest BCUT2D eigenvalue weighted by Gasteiger charge is -2.22. The van der Waals surface area contributed by atoms with Crippen LogP contribution in [0.5, 0.6) is 0 Å². The SMILES string of the molecule is [CH2]C(N)CC1CCCCC1. The van der Waals surface area contributed by atoms with E-state index in [1.54, 1.807) is 0 Å². The molecule has 0 aromatic rings. The Hall–Kier alpha value is -0.0400. The summed E-state index contributed by atoms with van der Waals surface area (Å²) in [7, 11) is 0. The van der Waals surface area contributed by atoms with E-state index in [1.807, 2.05) is 0 Å². The minimum Gasteiger partial charge on any atom is -0.328 e. The van der Waals surface area contributed by atoms with Gasteiger partial charge < -0.3 is 5.73 Å². The van der Waals surface area contributed by atoms with Crippen LogP contribution in [0.15, 0.2) is 0 Å². The van der Waals surface area contributed by atoms with Crippen LogP contribution in [0, 0.1) is 12.8 Å². The van der Waals surface area contributed by atoms with Crippen LogP contribution >= 0.6 is 0 Å². The molecule has 1 aliphatic carbocycles. The zero-order valence-electron chi connectivity index (χ0n) is 6.68. The molecule has 1 unspecified atom stereocenters. The molecule has 10 heavy (non-hydrogen) atoms. The first kappa shape index (κ1) is 8.06. The Morgan fingerprint density at radius 2 is 1.90 bits per heavy atom. The lowest BCUT2D eigenvalue weighted by atomic mass is 9.85. The van der Waals surface area contributed by atoms with Gasteiger partial charge in [0, 0.05) is 6.04 Å². The van der Waals surface area contributed by atoms with Gasteiger partial charge in [0.25, 0.3) is 0 Å². The fraction of sp³-hybridized carbons (Fsp3) is 0.889. The summed E-state index contributed by atoms with van der Waals surface area (Å²) in [6.45, 7) is 3.81. The summed E-state index contributed by atoms with van der Waals surface area (Å²) in [4.78, 5) is 0. The minimum absolute atomic E-state index is 0.170. The van der Waals surface area contributed by atoms with Crippen molar-refractivity contribution in [3.05, 3.63) is 6.92 Å². The van der Waals surface area contributed by atoms with Crippen molar-refractivity contribution in [1.82, 2.24) is 0 Å². The molecular formula is C9H18N. The fourth-order valence-electron chi connectivity index (χ4n) is 1.85. The molecule has 1 radical (unpaired) electrons. The van der Waals surface area contributed by atoms with Gasteiger partial charge in [0.1, 0.15) is 0 Å². The van der Waals surface area contributed by atoms with Crippen molar-refractivity contribution < 1.29 is 0 Å². The smallest absolute Gasteiger partial charge is 0.00420 e. The van der Waals surface area contributed by atoms with Gasteiger partial charge in [-0.05, 0) is 19.3 Å². The standard InChI is InChI=1S/C9H18N/c1-8(10)7-9-5-3-2-4-6-9/h8-9H,1-7,10H2. The molecule has 59 valence electrons. The summed E-state index contributed by atoms with van der Waals surface area (Å²) in [5.41, 5.74) is 5.61.